The van der Waals surface area contributed by atoms with Gasteiger partial charge in [-0.1, -0.05) is 0 Å². The number of carbonyl (C=O) groups excluding carboxylic acids is 1. The summed E-state index contributed by atoms with van der Waals surface area (Å²) in [6.45, 7) is 5.88. The smallest absolute Gasteiger partial charge is 0.177 e. The lowest BCUT2D eigenvalue weighted by molar-refractivity contribution is -0.137. The minimum absolute atomic E-state index is 0.363. The van der Waals surface area contributed by atoms with Gasteiger partial charge in [-0.2, -0.15) is 0 Å². The molecule has 0 aromatic carbocycles. The first-order valence-corrected chi connectivity index (χ1v) is 5.67. The second-order valence-corrected chi connectivity index (χ2v) is 5.49. The standard InChI is InChI=1S/C12H20O6/c1-5(2)6(13)7(14)8(15)9(16)12(18)10(17)11(12,3)4/h7-9,13-16,18H,1-4H3/t7-,8+,9+,12-/m1/s1. The Morgan fingerprint density at radius 3 is 1.83 bits per heavy atom. The number of ketones is 1. The maximum absolute atomic E-state index is 11.5. The second kappa shape index (κ2) is 4.31. The van der Waals surface area contributed by atoms with Crippen LogP contribution in [0.5, 0.6) is 0 Å². The van der Waals surface area contributed by atoms with Crippen molar-refractivity contribution in [3.05, 3.63) is 11.3 Å². The molecule has 1 aliphatic rings. The summed E-state index contributed by atoms with van der Waals surface area (Å²) in [6, 6.07) is 0. The fourth-order valence-corrected chi connectivity index (χ4v) is 2.01. The lowest BCUT2D eigenvalue weighted by atomic mass is 9.94. The minimum atomic E-state index is -2.09. The molecular formula is C12H20O6. The van der Waals surface area contributed by atoms with Crippen LogP contribution >= 0.6 is 0 Å². The van der Waals surface area contributed by atoms with Crippen LogP contribution in [-0.2, 0) is 4.79 Å². The predicted molar refractivity (Wildman–Crippen MR) is 62.8 cm³/mol. The molecule has 1 saturated carbocycles. The number of allylic oxidation sites excluding steroid dienone is 1. The normalized spacial score (nSPS) is 30.6. The largest absolute Gasteiger partial charge is 0.510 e. The van der Waals surface area contributed by atoms with E-state index in [1.807, 2.05) is 0 Å². The first-order chi connectivity index (χ1) is 7.99. The molecular weight excluding hydrogens is 240 g/mol. The molecule has 5 N–H and O–H groups in total. The van der Waals surface area contributed by atoms with Crippen molar-refractivity contribution in [3.63, 3.8) is 0 Å². The van der Waals surface area contributed by atoms with Crippen LogP contribution in [0.25, 0.3) is 0 Å². The highest BCUT2D eigenvalue weighted by Gasteiger charge is 2.76. The molecule has 0 amide bonds. The Bertz CT molecular complexity index is 395. The molecule has 104 valence electrons. The summed E-state index contributed by atoms with van der Waals surface area (Å²) in [5.74, 6) is -1.10. The molecule has 0 unspecified atom stereocenters. The Kier molecular flexibility index (Phi) is 3.62. The monoisotopic (exact) mass is 260 g/mol. The molecule has 0 heterocycles. The molecule has 1 rings (SSSR count). The van der Waals surface area contributed by atoms with E-state index in [0.717, 1.165) is 0 Å². The molecule has 0 bridgehead atoms. The van der Waals surface area contributed by atoms with Crippen LogP contribution in [0, 0.1) is 5.41 Å². The molecule has 4 atom stereocenters. The molecule has 0 aromatic rings. The lowest BCUT2D eigenvalue weighted by Crippen LogP contribution is -2.49. The van der Waals surface area contributed by atoms with E-state index in [9.17, 15) is 30.3 Å². The Morgan fingerprint density at radius 1 is 1.17 bits per heavy atom. The molecule has 0 radical (unpaired) electrons. The van der Waals surface area contributed by atoms with Crippen LogP contribution in [0.1, 0.15) is 27.7 Å². The van der Waals surface area contributed by atoms with Gasteiger partial charge in [-0.3, -0.25) is 4.79 Å². The Balaban J connectivity index is 2.91. The third kappa shape index (κ3) is 1.85. The summed E-state index contributed by atoms with van der Waals surface area (Å²) in [4.78, 5) is 11.5. The van der Waals surface area contributed by atoms with Crippen molar-refractivity contribution in [2.45, 2.75) is 51.6 Å². The Labute approximate surface area is 105 Å². The van der Waals surface area contributed by atoms with E-state index in [1.54, 1.807) is 0 Å². The first-order valence-electron chi connectivity index (χ1n) is 5.67. The average molecular weight is 260 g/mol. The number of carbonyl (C=O) groups is 1. The van der Waals surface area contributed by atoms with Crippen molar-refractivity contribution in [2.75, 3.05) is 0 Å². The van der Waals surface area contributed by atoms with Crippen molar-refractivity contribution >= 4 is 5.78 Å². The molecule has 1 aliphatic carbocycles. The molecule has 0 saturated heterocycles. The highest BCUT2D eigenvalue weighted by atomic mass is 16.4. The van der Waals surface area contributed by atoms with Crippen LogP contribution in [0.2, 0.25) is 0 Å². The number of hydrogen-bond donors (Lipinski definition) is 5. The van der Waals surface area contributed by atoms with Gasteiger partial charge in [-0.05, 0) is 33.3 Å². The maximum atomic E-state index is 11.5. The van der Waals surface area contributed by atoms with Gasteiger partial charge in [0.25, 0.3) is 0 Å². The molecule has 0 aromatic heterocycles. The van der Waals surface area contributed by atoms with Crippen LogP contribution in [0.3, 0.4) is 0 Å². The van der Waals surface area contributed by atoms with Crippen LogP contribution < -0.4 is 0 Å². The Morgan fingerprint density at radius 2 is 1.56 bits per heavy atom. The number of rotatable bonds is 4. The third-order valence-corrected chi connectivity index (χ3v) is 3.67. The summed E-state index contributed by atoms with van der Waals surface area (Å²) < 4.78 is 0. The average Bonchev–Trinajstić information content (AvgIpc) is 2.70. The number of Topliss-reactive ketones (excluding diaryl/α,β-unsaturated/α-hetero) is 1. The zero-order valence-corrected chi connectivity index (χ0v) is 10.9. The van der Waals surface area contributed by atoms with Crippen molar-refractivity contribution in [1.82, 2.24) is 0 Å². The van der Waals surface area contributed by atoms with Crippen molar-refractivity contribution < 1.29 is 30.3 Å². The lowest BCUT2D eigenvalue weighted by Gasteiger charge is -2.27. The number of aliphatic hydroxyl groups excluding tert-OH is 4. The summed E-state index contributed by atoms with van der Waals surface area (Å²) >= 11 is 0. The molecule has 6 nitrogen and oxygen atoms in total. The highest BCUT2D eigenvalue weighted by molar-refractivity contribution is 6.11. The molecule has 0 aliphatic heterocycles. The summed E-state index contributed by atoms with van der Waals surface area (Å²) in [5, 5.41) is 48.6. The fraction of sp³-hybridized carbons (Fsp3) is 0.750. The number of aliphatic hydroxyl groups is 5. The van der Waals surface area contributed by atoms with E-state index in [2.05, 4.69) is 0 Å². The van der Waals surface area contributed by atoms with E-state index >= 15 is 0 Å². The summed E-state index contributed by atoms with van der Waals surface area (Å²) in [6.07, 6.45) is -5.47. The van der Waals surface area contributed by atoms with E-state index < -0.39 is 40.9 Å². The molecule has 1 fully saturated rings. The molecule has 0 spiro atoms. The van der Waals surface area contributed by atoms with Gasteiger partial charge in [-0.25, -0.2) is 0 Å². The topological polar surface area (TPSA) is 118 Å². The van der Waals surface area contributed by atoms with Crippen LogP contribution in [0.15, 0.2) is 11.3 Å². The third-order valence-electron chi connectivity index (χ3n) is 3.67. The minimum Gasteiger partial charge on any atom is -0.510 e. The maximum Gasteiger partial charge on any atom is 0.177 e. The van der Waals surface area contributed by atoms with Gasteiger partial charge in [0.2, 0.25) is 0 Å². The summed E-state index contributed by atoms with van der Waals surface area (Å²) in [7, 11) is 0. The molecule has 6 heteroatoms. The number of hydrogen-bond acceptors (Lipinski definition) is 6. The van der Waals surface area contributed by atoms with Gasteiger partial charge < -0.3 is 25.5 Å². The Hall–Kier alpha value is -0.950. The van der Waals surface area contributed by atoms with Crippen LogP contribution in [0.4, 0.5) is 0 Å². The first kappa shape index (κ1) is 15.1. The van der Waals surface area contributed by atoms with Crippen LogP contribution in [-0.4, -0.2) is 55.2 Å². The van der Waals surface area contributed by atoms with Gasteiger partial charge in [0.15, 0.2) is 11.4 Å². The van der Waals surface area contributed by atoms with Gasteiger partial charge in [-0.15, -0.1) is 0 Å². The SMILES string of the molecule is CC(C)=C(O)[C@@H](O)[C@H](O)[C@H](O)[C@@]1(O)C(=O)C1(C)C. The zero-order chi connectivity index (χ0) is 14.5. The zero-order valence-electron chi connectivity index (χ0n) is 10.9. The van der Waals surface area contributed by atoms with Crippen molar-refractivity contribution in [2.24, 2.45) is 5.41 Å². The van der Waals surface area contributed by atoms with Gasteiger partial charge in [0, 0.05) is 0 Å². The quantitative estimate of drug-likeness (QED) is 0.425. The highest BCUT2D eigenvalue weighted by Crippen LogP contribution is 2.54. The van der Waals surface area contributed by atoms with E-state index in [1.165, 1.54) is 27.7 Å². The fourth-order valence-electron chi connectivity index (χ4n) is 2.01. The van der Waals surface area contributed by atoms with E-state index in [-0.39, 0.29) is 0 Å². The van der Waals surface area contributed by atoms with Gasteiger partial charge in [0.05, 0.1) is 5.41 Å². The summed E-state index contributed by atoms with van der Waals surface area (Å²) in [5.41, 5.74) is -2.90. The van der Waals surface area contributed by atoms with Gasteiger partial charge in [0.1, 0.15) is 24.1 Å². The second-order valence-electron chi connectivity index (χ2n) is 5.49. The van der Waals surface area contributed by atoms with Gasteiger partial charge >= 0.3 is 0 Å². The van der Waals surface area contributed by atoms with E-state index in [0.29, 0.717) is 5.57 Å². The predicted octanol–water partition coefficient (Wildman–Crippen LogP) is -0.739. The van der Waals surface area contributed by atoms with E-state index in [4.69, 9.17) is 0 Å². The van der Waals surface area contributed by atoms with Crippen molar-refractivity contribution in [1.29, 1.82) is 0 Å². The van der Waals surface area contributed by atoms with Crippen molar-refractivity contribution in [3.8, 4) is 0 Å². The molecule has 18 heavy (non-hydrogen) atoms.